The maximum atomic E-state index is 6.12. The van der Waals surface area contributed by atoms with E-state index in [2.05, 4.69) is 17.4 Å². The highest BCUT2D eigenvalue weighted by Crippen LogP contribution is 2.14. The highest BCUT2D eigenvalue weighted by Gasteiger charge is 2.03. The van der Waals surface area contributed by atoms with Crippen LogP contribution < -0.4 is 15.8 Å². The van der Waals surface area contributed by atoms with Gasteiger partial charge in [0.25, 0.3) is 0 Å². The van der Waals surface area contributed by atoms with Gasteiger partial charge in [-0.05, 0) is 36.2 Å². The molecule has 0 saturated heterocycles. The van der Waals surface area contributed by atoms with E-state index in [0.717, 1.165) is 24.4 Å². The zero-order valence-electron chi connectivity index (χ0n) is 12.0. The van der Waals surface area contributed by atoms with E-state index < -0.39 is 0 Å². The number of halogens is 2. The molecule has 3 N–H and O–H groups in total. The van der Waals surface area contributed by atoms with Gasteiger partial charge in [-0.15, -0.1) is 24.8 Å². The van der Waals surface area contributed by atoms with E-state index in [-0.39, 0.29) is 30.9 Å². The van der Waals surface area contributed by atoms with E-state index in [1.54, 1.807) is 7.11 Å². The molecule has 5 heteroatoms. The van der Waals surface area contributed by atoms with Gasteiger partial charge in [0.1, 0.15) is 5.75 Å². The first-order valence-electron chi connectivity index (χ1n) is 6.45. The Balaban J connectivity index is 0.00000200. The van der Waals surface area contributed by atoms with Gasteiger partial charge in [0.2, 0.25) is 0 Å². The second-order valence-corrected chi connectivity index (χ2v) is 4.56. The van der Waals surface area contributed by atoms with Crippen LogP contribution in [0.15, 0.2) is 54.6 Å². The normalized spacial score (nSPS) is 10.8. The predicted molar refractivity (Wildman–Crippen MR) is 94.1 cm³/mol. The van der Waals surface area contributed by atoms with Crippen molar-refractivity contribution < 1.29 is 4.74 Å². The Labute approximate surface area is 138 Å². The van der Waals surface area contributed by atoms with E-state index in [9.17, 15) is 0 Å². The average molecular weight is 329 g/mol. The van der Waals surface area contributed by atoms with Crippen molar-refractivity contribution >= 4 is 30.5 Å². The Morgan fingerprint density at radius 1 is 1.00 bits per heavy atom. The van der Waals surface area contributed by atoms with Crippen molar-refractivity contribution in [2.45, 2.75) is 12.5 Å². The summed E-state index contributed by atoms with van der Waals surface area (Å²) in [5.41, 5.74) is 8.45. The lowest BCUT2D eigenvalue weighted by molar-refractivity contribution is 0.415. The summed E-state index contributed by atoms with van der Waals surface area (Å²) in [6.45, 7) is 0.751. The molecule has 0 unspecified atom stereocenters. The highest BCUT2D eigenvalue weighted by molar-refractivity contribution is 5.85. The molecule has 2 rings (SSSR count). The maximum absolute atomic E-state index is 6.12. The van der Waals surface area contributed by atoms with Crippen LogP contribution in [0.2, 0.25) is 0 Å². The molecule has 0 radical (unpaired) electrons. The van der Waals surface area contributed by atoms with E-state index in [1.165, 1.54) is 5.56 Å². The van der Waals surface area contributed by atoms with Gasteiger partial charge in [-0.1, -0.05) is 30.3 Å². The quantitative estimate of drug-likeness (QED) is 0.852. The van der Waals surface area contributed by atoms with Crippen LogP contribution >= 0.6 is 24.8 Å². The van der Waals surface area contributed by atoms with Crippen LogP contribution in [0.3, 0.4) is 0 Å². The minimum absolute atomic E-state index is 0. The van der Waals surface area contributed by atoms with Gasteiger partial charge in [-0.25, -0.2) is 0 Å². The topological polar surface area (TPSA) is 47.3 Å². The molecule has 3 nitrogen and oxygen atoms in total. The number of ether oxygens (including phenoxy) is 1. The van der Waals surface area contributed by atoms with Crippen molar-refractivity contribution in [2.75, 3.05) is 19.0 Å². The third-order valence-corrected chi connectivity index (χ3v) is 3.00. The fourth-order valence-corrected chi connectivity index (χ4v) is 1.95. The number of methoxy groups -OCH3 is 1. The fraction of sp³-hybridized carbons (Fsp3) is 0.250. The second kappa shape index (κ2) is 10.3. The largest absolute Gasteiger partial charge is 0.497 e. The summed E-state index contributed by atoms with van der Waals surface area (Å²) in [6, 6.07) is 18.3. The second-order valence-electron chi connectivity index (χ2n) is 4.56. The molecule has 2 aromatic carbocycles. The zero-order valence-corrected chi connectivity index (χ0v) is 13.6. The van der Waals surface area contributed by atoms with Crippen molar-refractivity contribution in [1.29, 1.82) is 0 Å². The highest BCUT2D eigenvalue weighted by atomic mass is 35.5. The number of rotatable bonds is 6. The molecule has 0 amide bonds. The fourth-order valence-electron chi connectivity index (χ4n) is 1.95. The first-order valence-corrected chi connectivity index (χ1v) is 6.45. The summed E-state index contributed by atoms with van der Waals surface area (Å²) >= 11 is 0. The lowest BCUT2D eigenvalue weighted by atomic mass is 10.1. The van der Waals surface area contributed by atoms with Gasteiger partial charge < -0.3 is 15.8 Å². The lowest BCUT2D eigenvalue weighted by Gasteiger charge is -2.14. The molecule has 0 aromatic heterocycles. The van der Waals surface area contributed by atoms with Gasteiger partial charge in [0.05, 0.1) is 7.11 Å². The van der Waals surface area contributed by atoms with Crippen LogP contribution in [0.5, 0.6) is 5.75 Å². The van der Waals surface area contributed by atoms with Crippen LogP contribution in [-0.2, 0) is 6.42 Å². The molecule has 2 aromatic rings. The molecule has 0 aliphatic rings. The van der Waals surface area contributed by atoms with Gasteiger partial charge in [0, 0.05) is 18.3 Å². The summed E-state index contributed by atoms with van der Waals surface area (Å²) in [5, 5.41) is 3.34. The van der Waals surface area contributed by atoms with E-state index in [1.807, 2.05) is 42.5 Å². The third kappa shape index (κ3) is 6.71. The number of hydrogen-bond acceptors (Lipinski definition) is 3. The zero-order chi connectivity index (χ0) is 13.5. The van der Waals surface area contributed by atoms with Gasteiger partial charge in [0.15, 0.2) is 0 Å². The summed E-state index contributed by atoms with van der Waals surface area (Å²) in [5.74, 6) is 0.860. The predicted octanol–water partition coefficient (Wildman–Crippen LogP) is 3.52. The molecule has 0 fully saturated rings. The van der Waals surface area contributed by atoms with Crippen molar-refractivity contribution in [3.63, 3.8) is 0 Å². The van der Waals surface area contributed by atoms with Crippen LogP contribution in [0.1, 0.15) is 5.56 Å². The Morgan fingerprint density at radius 2 is 1.62 bits per heavy atom. The van der Waals surface area contributed by atoms with Crippen molar-refractivity contribution in [1.82, 2.24) is 0 Å². The van der Waals surface area contributed by atoms with Crippen LogP contribution in [-0.4, -0.2) is 19.7 Å². The molecule has 116 valence electrons. The monoisotopic (exact) mass is 328 g/mol. The lowest BCUT2D eigenvalue weighted by Crippen LogP contribution is -2.31. The Bertz CT molecular complexity index is 491. The molecule has 0 bridgehead atoms. The molecule has 1 atom stereocenters. The number of nitrogens with one attached hydrogen (secondary N) is 1. The summed E-state index contributed by atoms with van der Waals surface area (Å²) in [7, 11) is 1.66. The van der Waals surface area contributed by atoms with Crippen LogP contribution in [0.4, 0.5) is 5.69 Å². The SMILES string of the molecule is COc1ccc(NC[C@@H](N)Cc2ccccc2)cc1.Cl.Cl. The number of nitrogens with two attached hydrogens (primary N) is 1. The van der Waals surface area contributed by atoms with E-state index in [4.69, 9.17) is 10.5 Å². The maximum Gasteiger partial charge on any atom is 0.119 e. The summed E-state index contributed by atoms with van der Waals surface area (Å²) in [6.07, 6.45) is 0.879. The minimum Gasteiger partial charge on any atom is -0.497 e. The number of anilines is 1. The molecule has 0 saturated carbocycles. The van der Waals surface area contributed by atoms with Gasteiger partial charge in [-0.2, -0.15) is 0 Å². The standard InChI is InChI=1S/C16H20N2O.2ClH/c1-19-16-9-7-15(8-10-16)18-12-14(17)11-13-5-3-2-4-6-13;;/h2-10,14,18H,11-12,17H2,1H3;2*1H/t14-;;/m0../s1. The third-order valence-electron chi connectivity index (χ3n) is 3.00. The van der Waals surface area contributed by atoms with Crippen molar-refractivity contribution in [2.24, 2.45) is 5.73 Å². The first-order chi connectivity index (χ1) is 9.28. The Hall–Kier alpha value is -1.42. The average Bonchev–Trinajstić information content (AvgIpc) is 2.47. The Kier molecular flexibility index (Phi) is 9.63. The number of benzene rings is 2. The van der Waals surface area contributed by atoms with E-state index in [0.29, 0.717) is 0 Å². The molecule has 0 aliphatic carbocycles. The van der Waals surface area contributed by atoms with Gasteiger partial charge >= 0.3 is 0 Å². The Morgan fingerprint density at radius 3 is 2.19 bits per heavy atom. The van der Waals surface area contributed by atoms with Crippen LogP contribution in [0, 0.1) is 0 Å². The molecular weight excluding hydrogens is 307 g/mol. The molecule has 0 heterocycles. The summed E-state index contributed by atoms with van der Waals surface area (Å²) in [4.78, 5) is 0. The van der Waals surface area contributed by atoms with E-state index >= 15 is 0 Å². The summed E-state index contributed by atoms with van der Waals surface area (Å²) < 4.78 is 5.12. The minimum atomic E-state index is 0. The number of hydrogen-bond donors (Lipinski definition) is 2. The smallest absolute Gasteiger partial charge is 0.119 e. The van der Waals surface area contributed by atoms with Gasteiger partial charge in [-0.3, -0.25) is 0 Å². The molecule has 0 aliphatic heterocycles. The molecular formula is C16H22Cl2N2O. The van der Waals surface area contributed by atoms with Crippen molar-refractivity contribution in [3.05, 3.63) is 60.2 Å². The first kappa shape index (κ1) is 19.6. The van der Waals surface area contributed by atoms with Crippen molar-refractivity contribution in [3.8, 4) is 5.75 Å². The molecule has 21 heavy (non-hydrogen) atoms. The van der Waals surface area contributed by atoms with Crippen LogP contribution in [0.25, 0.3) is 0 Å². The molecule has 0 spiro atoms.